The number of piperidine rings is 1. The van der Waals surface area contributed by atoms with Gasteiger partial charge in [0.05, 0.1) is 0 Å². The Bertz CT molecular complexity index is 564. The molecule has 1 fully saturated rings. The Balaban J connectivity index is 2.21. The van der Waals surface area contributed by atoms with Crippen LogP contribution in [0.2, 0.25) is 0 Å². The highest BCUT2D eigenvalue weighted by Gasteiger charge is 2.26. The summed E-state index contributed by atoms with van der Waals surface area (Å²) in [4.78, 5) is 37.3. The van der Waals surface area contributed by atoms with Gasteiger partial charge in [0.2, 0.25) is 5.82 Å². The van der Waals surface area contributed by atoms with Crippen molar-refractivity contribution in [3.63, 3.8) is 0 Å². The van der Waals surface area contributed by atoms with Gasteiger partial charge in [-0.05, 0) is 25.7 Å². The van der Waals surface area contributed by atoms with Crippen molar-refractivity contribution < 1.29 is 9.90 Å². The van der Waals surface area contributed by atoms with Gasteiger partial charge in [-0.1, -0.05) is 0 Å². The van der Waals surface area contributed by atoms with Crippen LogP contribution >= 0.6 is 0 Å². The monoisotopic (exact) mass is 268 g/mol. The number of carbonyl (C=O) groups is 1. The Morgan fingerprint density at radius 2 is 2.21 bits per heavy atom. The third kappa shape index (κ3) is 3.21. The summed E-state index contributed by atoms with van der Waals surface area (Å²) < 4.78 is 0. The fourth-order valence-electron chi connectivity index (χ4n) is 2.41. The Hall–Kier alpha value is -2.12. The molecule has 0 aromatic carbocycles. The summed E-state index contributed by atoms with van der Waals surface area (Å²) >= 11 is 0. The number of aromatic nitrogens is 3. The fourth-order valence-corrected chi connectivity index (χ4v) is 2.41. The van der Waals surface area contributed by atoms with Crippen LogP contribution in [0, 0.1) is 0 Å². The smallest absolute Gasteiger partial charge is 0.342 e. The van der Waals surface area contributed by atoms with Crippen molar-refractivity contribution in [2.75, 3.05) is 11.4 Å². The summed E-state index contributed by atoms with van der Waals surface area (Å²) in [7, 11) is 0. The van der Waals surface area contributed by atoms with Crippen molar-refractivity contribution in [1.82, 2.24) is 15.2 Å². The zero-order valence-electron chi connectivity index (χ0n) is 10.4. The van der Waals surface area contributed by atoms with E-state index in [0.717, 1.165) is 19.3 Å². The van der Waals surface area contributed by atoms with Gasteiger partial charge < -0.3 is 10.0 Å². The lowest BCUT2D eigenvalue weighted by Gasteiger charge is -2.35. The van der Waals surface area contributed by atoms with E-state index < -0.39 is 17.2 Å². The molecule has 1 aromatic heterocycles. The summed E-state index contributed by atoms with van der Waals surface area (Å²) in [6.45, 7) is 0.645. The number of rotatable bonds is 4. The van der Waals surface area contributed by atoms with Gasteiger partial charge in [-0.25, -0.2) is 9.89 Å². The van der Waals surface area contributed by atoms with Crippen LogP contribution < -0.4 is 16.1 Å². The number of nitrogens with zero attached hydrogens (tertiary/aromatic N) is 2. The van der Waals surface area contributed by atoms with Crippen LogP contribution in [-0.4, -0.2) is 38.8 Å². The number of aromatic amines is 2. The van der Waals surface area contributed by atoms with E-state index in [4.69, 9.17) is 5.11 Å². The number of nitrogens with one attached hydrogen (secondary N) is 2. The molecule has 2 heterocycles. The molecule has 104 valence electrons. The maximum absolute atomic E-state index is 11.7. The standard InChI is InChI=1S/C11H16N4O4/c16-8(17)5-4-7-3-1-2-6-15(7)9-10(18)12-11(19)14-13-9/h7H,1-6H2,(H,16,17)(H2,12,14,18,19). The summed E-state index contributed by atoms with van der Waals surface area (Å²) in [6.07, 6.45) is 3.28. The molecule has 0 spiro atoms. The highest BCUT2D eigenvalue weighted by molar-refractivity contribution is 5.66. The fraction of sp³-hybridized carbons (Fsp3) is 0.636. The van der Waals surface area contributed by atoms with Crippen molar-refractivity contribution in [2.24, 2.45) is 0 Å². The second-order valence-electron chi connectivity index (χ2n) is 4.61. The van der Waals surface area contributed by atoms with Crippen molar-refractivity contribution in [2.45, 2.75) is 38.1 Å². The van der Waals surface area contributed by atoms with Gasteiger partial charge in [0.25, 0.3) is 5.56 Å². The summed E-state index contributed by atoms with van der Waals surface area (Å²) in [6, 6.07) is -0.0237. The highest BCUT2D eigenvalue weighted by Crippen LogP contribution is 2.23. The van der Waals surface area contributed by atoms with Gasteiger partial charge >= 0.3 is 11.7 Å². The predicted molar refractivity (Wildman–Crippen MR) is 67.3 cm³/mol. The molecule has 1 aromatic rings. The topological polar surface area (TPSA) is 119 Å². The summed E-state index contributed by atoms with van der Waals surface area (Å²) in [5, 5.41) is 14.7. The number of anilines is 1. The molecule has 0 bridgehead atoms. The van der Waals surface area contributed by atoms with E-state index in [1.807, 2.05) is 0 Å². The molecule has 8 heteroatoms. The lowest BCUT2D eigenvalue weighted by Crippen LogP contribution is -2.44. The SMILES string of the molecule is O=C(O)CCC1CCCCN1c1n[nH]c(=O)[nH]c1=O. The molecule has 3 N–H and O–H groups in total. The Labute approximate surface area is 108 Å². The largest absolute Gasteiger partial charge is 0.481 e. The van der Waals surface area contributed by atoms with Gasteiger partial charge in [0.15, 0.2) is 0 Å². The number of carboxylic acid groups (broad SMARTS) is 1. The lowest BCUT2D eigenvalue weighted by atomic mass is 9.98. The number of aliphatic carboxylic acids is 1. The van der Waals surface area contributed by atoms with Crippen LogP contribution in [0.3, 0.4) is 0 Å². The zero-order chi connectivity index (χ0) is 13.8. The van der Waals surface area contributed by atoms with E-state index in [1.54, 1.807) is 4.90 Å². The van der Waals surface area contributed by atoms with E-state index in [-0.39, 0.29) is 18.3 Å². The molecule has 2 rings (SSSR count). The molecule has 1 atom stereocenters. The van der Waals surface area contributed by atoms with E-state index in [2.05, 4.69) is 15.2 Å². The zero-order valence-corrected chi connectivity index (χ0v) is 10.4. The quantitative estimate of drug-likeness (QED) is 0.688. The Morgan fingerprint density at radius 3 is 2.89 bits per heavy atom. The minimum Gasteiger partial charge on any atom is -0.481 e. The third-order valence-electron chi connectivity index (χ3n) is 3.28. The Morgan fingerprint density at radius 1 is 1.42 bits per heavy atom. The molecule has 0 amide bonds. The molecule has 1 aliphatic rings. The van der Waals surface area contributed by atoms with Crippen LogP contribution in [0.4, 0.5) is 5.82 Å². The minimum absolute atomic E-state index is 0.0237. The first kappa shape index (κ1) is 13.3. The van der Waals surface area contributed by atoms with Gasteiger partial charge in [0.1, 0.15) is 0 Å². The summed E-state index contributed by atoms with van der Waals surface area (Å²) in [5.74, 6) is -0.691. The van der Waals surface area contributed by atoms with Crippen LogP contribution in [-0.2, 0) is 4.79 Å². The molecule has 0 radical (unpaired) electrons. The van der Waals surface area contributed by atoms with Crippen LogP contribution in [0.1, 0.15) is 32.1 Å². The molecule has 0 aliphatic carbocycles. The van der Waals surface area contributed by atoms with Gasteiger partial charge in [0, 0.05) is 19.0 Å². The molecule has 19 heavy (non-hydrogen) atoms. The van der Waals surface area contributed by atoms with Crippen LogP contribution in [0.25, 0.3) is 0 Å². The first-order valence-corrected chi connectivity index (χ1v) is 6.25. The molecular weight excluding hydrogens is 252 g/mol. The van der Waals surface area contributed by atoms with E-state index >= 15 is 0 Å². The molecule has 1 saturated heterocycles. The number of carboxylic acids is 1. The second kappa shape index (κ2) is 5.68. The molecule has 8 nitrogen and oxygen atoms in total. The van der Waals surface area contributed by atoms with Crippen molar-refractivity contribution in [1.29, 1.82) is 0 Å². The third-order valence-corrected chi connectivity index (χ3v) is 3.28. The van der Waals surface area contributed by atoms with Crippen molar-refractivity contribution in [3.05, 3.63) is 20.8 Å². The van der Waals surface area contributed by atoms with Gasteiger partial charge in [-0.2, -0.15) is 0 Å². The lowest BCUT2D eigenvalue weighted by molar-refractivity contribution is -0.137. The van der Waals surface area contributed by atoms with E-state index in [9.17, 15) is 14.4 Å². The van der Waals surface area contributed by atoms with E-state index in [0.29, 0.717) is 13.0 Å². The van der Waals surface area contributed by atoms with Crippen LogP contribution in [0.15, 0.2) is 9.59 Å². The maximum Gasteiger partial charge on any atom is 0.342 e. The van der Waals surface area contributed by atoms with E-state index in [1.165, 1.54) is 0 Å². The second-order valence-corrected chi connectivity index (χ2v) is 4.61. The normalized spacial score (nSPS) is 19.4. The number of H-pyrrole nitrogens is 2. The molecule has 1 unspecified atom stereocenters. The van der Waals surface area contributed by atoms with Crippen molar-refractivity contribution >= 4 is 11.8 Å². The molecule has 1 aliphatic heterocycles. The molecule has 0 saturated carbocycles. The Kier molecular flexibility index (Phi) is 3.98. The first-order chi connectivity index (χ1) is 9.08. The number of hydrogen-bond donors (Lipinski definition) is 3. The average molecular weight is 268 g/mol. The predicted octanol–water partition coefficient (Wildman–Crippen LogP) is -0.318. The van der Waals surface area contributed by atoms with Gasteiger partial charge in [-0.3, -0.25) is 14.6 Å². The highest BCUT2D eigenvalue weighted by atomic mass is 16.4. The average Bonchev–Trinajstić information content (AvgIpc) is 2.37. The summed E-state index contributed by atoms with van der Waals surface area (Å²) in [5.41, 5.74) is -1.18. The number of hydrogen-bond acceptors (Lipinski definition) is 5. The minimum atomic E-state index is -0.853. The maximum atomic E-state index is 11.7. The van der Waals surface area contributed by atoms with Crippen LogP contribution in [0.5, 0.6) is 0 Å². The van der Waals surface area contributed by atoms with Gasteiger partial charge in [-0.15, -0.1) is 5.10 Å². The van der Waals surface area contributed by atoms with Crippen molar-refractivity contribution in [3.8, 4) is 0 Å². The molecular formula is C11H16N4O4. The first-order valence-electron chi connectivity index (χ1n) is 6.25.